The molecule has 2 nitrogen and oxygen atoms in total. The van der Waals surface area contributed by atoms with Crippen LogP contribution in [0.25, 0.3) is 0 Å². The molecular weight excluding hydrogens is 241 g/mol. The molecule has 0 unspecified atom stereocenters. The van der Waals surface area contributed by atoms with Gasteiger partial charge in [-0.2, -0.15) is 0 Å². The Bertz CT molecular complexity index is 115. The summed E-state index contributed by atoms with van der Waals surface area (Å²) < 4.78 is 0.806. The summed E-state index contributed by atoms with van der Waals surface area (Å²) in [5.74, 6) is 0. The summed E-state index contributed by atoms with van der Waals surface area (Å²) in [6.45, 7) is 6.81. The van der Waals surface area contributed by atoms with Gasteiger partial charge in [-0.25, -0.2) is 0 Å². The number of halogens is 1. The lowest BCUT2D eigenvalue weighted by Crippen LogP contribution is -2.52. The molecule has 0 atom stereocenters. The largest absolute Gasteiger partial charge is 0.389 e. The van der Waals surface area contributed by atoms with Crippen molar-refractivity contribution in [1.29, 1.82) is 0 Å². The van der Waals surface area contributed by atoms with Crippen LogP contribution in [-0.4, -0.2) is 39.2 Å². The number of aliphatic hydroxyl groups is 1. The van der Waals surface area contributed by atoms with Crippen molar-refractivity contribution in [3.8, 4) is 0 Å². The molecule has 1 aliphatic heterocycles. The van der Waals surface area contributed by atoms with Crippen molar-refractivity contribution >= 4 is 22.6 Å². The Balaban J connectivity index is 2.16. The third-order valence-electron chi connectivity index (χ3n) is 1.52. The van der Waals surface area contributed by atoms with Gasteiger partial charge in [0.25, 0.3) is 0 Å². The zero-order valence-electron chi connectivity index (χ0n) is 6.47. The molecule has 0 aromatic rings. The fourth-order valence-corrected chi connectivity index (χ4v) is 2.30. The Morgan fingerprint density at radius 2 is 2.10 bits per heavy atom. The van der Waals surface area contributed by atoms with E-state index in [9.17, 15) is 5.11 Å². The molecule has 0 saturated carbocycles. The Morgan fingerprint density at radius 3 is 2.40 bits per heavy atom. The highest BCUT2D eigenvalue weighted by Crippen LogP contribution is 2.18. The number of hydrogen-bond donors (Lipinski definition) is 1. The molecule has 0 aromatic heterocycles. The van der Waals surface area contributed by atoms with Crippen LogP contribution in [0.1, 0.15) is 13.8 Å². The third kappa shape index (κ3) is 2.72. The predicted molar refractivity (Wildman–Crippen MR) is 50.5 cm³/mol. The van der Waals surface area contributed by atoms with Crippen molar-refractivity contribution in [2.24, 2.45) is 0 Å². The lowest BCUT2D eigenvalue weighted by molar-refractivity contribution is 0.0195. The predicted octanol–water partition coefficient (Wildman–Crippen LogP) is 0.877. The molecule has 1 rings (SSSR count). The Kier molecular flexibility index (Phi) is 2.58. The Hall–Kier alpha value is 0.650. The van der Waals surface area contributed by atoms with Crippen molar-refractivity contribution in [3.63, 3.8) is 0 Å². The second-order valence-corrected chi connectivity index (χ2v) is 5.37. The fourth-order valence-electron chi connectivity index (χ4n) is 1.18. The number of β-amino-alcohol motifs (C(OH)–C–C–N with tert-alkyl or cyclic N) is 1. The summed E-state index contributed by atoms with van der Waals surface area (Å²) in [6, 6.07) is 0. The van der Waals surface area contributed by atoms with Gasteiger partial charge in [-0.15, -0.1) is 0 Å². The summed E-state index contributed by atoms with van der Waals surface area (Å²) in [4.78, 5) is 2.27. The molecule has 1 N–H and O–H groups in total. The summed E-state index contributed by atoms with van der Waals surface area (Å²) in [7, 11) is 0. The highest BCUT2D eigenvalue weighted by atomic mass is 127. The molecular formula is C7H14INO. The summed E-state index contributed by atoms with van der Waals surface area (Å²) >= 11 is 2.44. The van der Waals surface area contributed by atoms with Crippen molar-refractivity contribution in [2.45, 2.75) is 23.4 Å². The minimum absolute atomic E-state index is 0.517. The van der Waals surface area contributed by atoms with Gasteiger partial charge in [-0.05, 0) is 13.8 Å². The molecule has 0 aromatic carbocycles. The molecule has 0 aliphatic carbocycles. The maximum Gasteiger partial charge on any atom is 0.0718 e. The van der Waals surface area contributed by atoms with Gasteiger partial charge in [0.1, 0.15) is 0 Å². The van der Waals surface area contributed by atoms with E-state index in [0.717, 1.165) is 23.6 Å². The molecule has 0 spiro atoms. The summed E-state index contributed by atoms with van der Waals surface area (Å²) in [6.07, 6.45) is 0. The van der Waals surface area contributed by atoms with Crippen LogP contribution in [0.15, 0.2) is 0 Å². The maximum atomic E-state index is 9.40. The lowest BCUT2D eigenvalue weighted by atomic mass is 10.1. The molecule has 0 bridgehead atoms. The number of likely N-dealkylation sites (tertiary alicyclic amines) is 1. The number of alkyl halides is 1. The first kappa shape index (κ1) is 8.74. The second-order valence-electron chi connectivity index (χ2n) is 3.60. The zero-order chi connectivity index (χ0) is 7.78. The normalized spacial score (nSPS) is 22.8. The SMILES string of the molecule is CC(C)(O)CN1CC(I)C1. The Labute approximate surface area is 75.7 Å². The van der Waals surface area contributed by atoms with Crippen molar-refractivity contribution < 1.29 is 5.11 Å². The molecule has 3 heteroatoms. The first-order chi connectivity index (χ1) is 4.47. The van der Waals surface area contributed by atoms with Crippen LogP contribution in [0.5, 0.6) is 0 Å². The van der Waals surface area contributed by atoms with Crippen LogP contribution in [0.4, 0.5) is 0 Å². The maximum absolute atomic E-state index is 9.40. The summed E-state index contributed by atoms with van der Waals surface area (Å²) in [5.41, 5.74) is -0.517. The quantitative estimate of drug-likeness (QED) is 0.584. The van der Waals surface area contributed by atoms with Crippen molar-refractivity contribution in [1.82, 2.24) is 4.90 Å². The molecule has 1 aliphatic rings. The monoisotopic (exact) mass is 255 g/mol. The minimum Gasteiger partial charge on any atom is -0.389 e. The van der Waals surface area contributed by atoms with Gasteiger partial charge in [-0.3, -0.25) is 4.90 Å². The highest BCUT2D eigenvalue weighted by molar-refractivity contribution is 14.1. The van der Waals surface area contributed by atoms with Gasteiger partial charge in [0.05, 0.1) is 5.60 Å². The molecule has 1 saturated heterocycles. The number of nitrogens with zero attached hydrogens (tertiary/aromatic N) is 1. The van der Waals surface area contributed by atoms with E-state index in [-0.39, 0.29) is 0 Å². The van der Waals surface area contributed by atoms with E-state index in [2.05, 4.69) is 27.5 Å². The van der Waals surface area contributed by atoms with Gasteiger partial charge in [0.15, 0.2) is 0 Å². The van der Waals surface area contributed by atoms with Crippen LogP contribution in [0.2, 0.25) is 0 Å². The third-order valence-corrected chi connectivity index (χ3v) is 2.31. The van der Waals surface area contributed by atoms with Gasteiger partial charge >= 0.3 is 0 Å². The molecule has 0 radical (unpaired) electrons. The number of rotatable bonds is 2. The fraction of sp³-hybridized carbons (Fsp3) is 1.00. The number of hydrogen-bond acceptors (Lipinski definition) is 2. The van der Waals surface area contributed by atoms with Crippen LogP contribution in [0, 0.1) is 0 Å². The van der Waals surface area contributed by atoms with Gasteiger partial charge in [-0.1, -0.05) is 22.6 Å². The van der Waals surface area contributed by atoms with E-state index in [4.69, 9.17) is 0 Å². The van der Waals surface area contributed by atoms with E-state index in [0.29, 0.717) is 0 Å². The van der Waals surface area contributed by atoms with Crippen LogP contribution in [0.3, 0.4) is 0 Å². The lowest BCUT2D eigenvalue weighted by Gasteiger charge is -2.39. The molecule has 10 heavy (non-hydrogen) atoms. The van der Waals surface area contributed by atoms with E-state index in [1.54, 1.807) is 0 Å². The molecule has 0 amide bonds. The topological polar surface area (TPSA) is 23.5 Å². The van der Waals surface area contributed by atoms with E-state index < -0.39 is 5.60 Å². The highest BCUT2D eigenvalue weighted by Gasteiger charge is 2.28. The smallest absolute Gasteiger partial charge is 0.0718 e. The second kappa shape index (κ2) is 2.95. The van der Waals surface area contributed by atoms with Crippen LogP contribution < -0.4 is 0 Å². The average molecular weight is 255 g/mol. The van der Waals surface area contributed by atoms with Crippen molar-refractivity contribution in [2.75, 3.05) is 19.6 Å². The summed E-state index contributed by atoms with van der Waals surface area (Å²) in [5, 5.41) is 9.40. The average Bonchev–Trinajstić information content (AvgIpc) is 1.57. The molecule has 1 fully saturated rings. The Morgan fingerprint density at radius 1 is 1.60 bits per heavy atom. The van der Waals surface area contributed by atoms with Crippen LogP contribution in [-0.2, 0) is 0 Å². The standard InChI is InChI=1S/C7H14INO/c1-7(2,10)5-9-3-6(8)4-9/h6,10H,3-5H2,1-2H3. The molecule has 1 heterocycles. The first-order valence-corrected chi connectivity index (χ1v) is 4.81. The van der Waals surface area contributed by atoms with E-state index in [1.807, 2.05) is 13.8 Å². The van der Waals surface area contributed by atoms with Gasteiger partial charge < -0.3 is 5.11 Å². The molecule has 60 valence electrons. The van der Waals surface area contributed by atoms with Gasteiger partial charge in [0, 0.05) is 23.6 Å². The first-order valence-electron chi connectivity index (χ1n) is 3.56. The van der Waals surface area contributed by atoms with Crippen LogP contribution >= 0.6 is 22.6 Å². The van der Waals surface area contributed by atoms with E-state index >= 15 is 0 Å². The van der Waals surface area contributed by atoms with E-state index in [1.165, 1.54) is 0 Å². The zero-order valence-corrected chi connectivity index (χ0v) is 8.63. The minimum atomic E-state index is -0.517. The van der Waals surface area contributed by atoms with Gasteiger partial charge in [0.2, 0.25) is 0 Å². The van der Waals surface area contributed by atoms with Crippen molar-refractivity contribution in [3.05, 3.63) is 0 Å².